The molecule has 0 bridgehead atoms. The van der Waals surface area contributed by atoms with Gasteiger partial charge >= 0.3 is 5.97 Å². The number of aliphatic carboxylic acids is 1. The molecule has 3 heterocycles. The van der Waals surface area contributed by atoms with Gasteiger partial charge in [0.15, 0.2) is 0 Å². The Kier molecular flexibility index (Phi) is 4.26. The summed E-state index contributed by atoms with van der Waals surface area (Å²) in [7, 11) is 0. The van der Waals surface area contributed by atoms with Gasteiger partial charge < -0.3 is 14.7 Å². The number of aryl methyl sites for hydroxylation is 1. The van der Waals surface area contributed by atoms with E-state index >= 15 is 0 Å². The van der Waals surface area contributed by atoms with E-state index in [0.29, 0.717) is 6.42 Å². The predicted molar refractivity (Wildman–Crippen MR) is 85.6 cm³/mol. The molecular weight excluding hydrogens is 302 g/mol. The van der Waals surface area contributed by atoms with Gasteiger partial charge in [0.05, 0.1) is 23.6 Å². The number of ether oxygens (including phenoxy) is 1. The molecule has 0 spiro atoms. The third-order valence-corrected chi connectivity index (χ3v) is 4.61. The standard InChI is InChI=1S/C15H19N3O3S/c1-9-7-18(8-10(2)21-9)12-4-3-11-15(17-12)22-13(16-11)5-6-14(19)20/h3-4,9-10H,5-8H2,1-2H3,(H,19,20)/t9-,10-/m0/s1. The van der Waals surface area contributed by atoms with Crippen molar-refractivity contribution in [1.82, 2.24) is 9.97 Å². The molecule has 0 radical (unpaired) electrons. The fraction of sp³-hybridized carbons (Fsp3) is 0.533. The Labute approximate surface area is 132 Å². The van der Waals surface area contributed by atoms with Crippen LogP contribution >= 0.6 is 11.3 Å². The van der Waals surface area contributed by atoms with Gasteiger partial charge in [-0.05, 0) is 26.0 Å². The Bertz CT molecular complexity index is 678. The van der Waals surface area contributed by atoms with Crippen LogP contribution in [0.3, 0.4) is 0 Å². The molecule has 1 aliphatic rings. The first-order valence-electron chi connectivity index (χ1n) is 7.40. The average Bonchev–Trinajstić information content (AvgIpc) is 2.86. The largest absolute Gasteiger partial charge is 0.481 e. The molecule has 1 N–H and O–H groups in total. The molecule has 6 nitrogen and oxygen atoms in total. The maximum absolute atomic E-state index is 10.7. The number of rotatable bonds is 4. The van der Waals surface area contributed by atoms with Crippen molar-refractivity contribution in [3.8, 4) is 0 Å². The van der Waals surface area contributed by atoms with Crippen LogP contribution in [-0.4, -0.2) is 46.3 Å². The number of fused-ring (bicyclic) bond motifs is 1. The van der Waals surface area contributed by atoms with Crippen LogP contribution in [0.1, 0.15) is 25.3 Å². The minimum Gasteiger partial charge on any atom is -0.481 e. The second-order valence-corrected chi connectivity index (χ2v) is 6.72. The Morgan fingerprint density at radius 1 is 1.36 bits per heavy atom. The van der Waals surface area contributed by atoms with E-state index in [9.17, 15) is 4.79 Å². The highest BCUT2D eigenvalue weighted by molar-refractivity contribution is 7.18. The van der Waals surface area contributed by atoms with Crippen molar-refractivity contribution in [1.29, 1.82) is 0 Å². The van der Waals surface area contributed by atoms with Gasteiger partial charge in [-0.3, -0.25) is 4.79 Å². The number of hydrogen-bond acceptors (Lipinski definition) is 6. The quantitative estimate of drug-likeness (QED) is 0.931. The summed E-state index contributed by atoms with van der Waals surface area (Å²) in [5.74, 6) is 0.132. The molecule has 0 amide bonds. The number of aromatic nitrogens is 2. The first-order valence-corrected chi connectivity index (χ1v) is 8.21. The Morgan fingerprint density at radius 2 is 2.09 bits per heavy atom. The fourth-order valence-corrected chi connectivity index (χ4v) is 3.64. The molecule has 1 saturated heterocycles. The monoisotopic (exact) mass is 321 g/mol. The van der Waals surface area contributed by atoms with E-state index in [1.807, 2.05) is 12.1 Å². The summed E-state index contributed by atoms with van der Waals surface area (Å²) in [6.07, 6.45) is 0.935. The van der Waals surface area contributed by atoms with Gasteiger partial charge in [0.25, 0.3) is 0 Å². The summed E-state index contributed by atoms with van der Waals surface area (Å²) in [5.41, 5.74) is 0.837. The van der Waals surface area contributed by atoms with Gasteiger partial charge in [-0.25, -0.2) is 9.97 Å². The molecule has 2 atom stereocenters. The highest BCUT2D eigenvalue weighted by atomic mass is 32.1. The van der Waals surface area contributed by atoms with Gasteiger partial charge in [0.1, 0.15) is 16.2 Å². The third kappa shape index (κ3) is 3.36. The topological polar surface area (TPSA) is 75.6 Å². The maximum Gasteiger partial charge on any atom is 0.303 e. The number of anilines is 1. The highest BCUT2D eigenvalue weighted by Crippen LogP contribution is 2.26. The lowest BCUT2D eigenvalue weighted by atomic mass is 10.2. The van der Waals surface area contributed by atoms with E-state index in [2.05, 4.69) is 23.7 Å². The van der Waals surface area contributed by atoms with Crippen LogP contribution in [-0.2, 0) is 16.0 Å². The van der Waals surface area contributed by atoms with Gasteiger partial charge in [-0.1, -0.05) is 11.3 Å². The van der Waals surface area contributed by atoms with Crippen molar-refractivity contribution in [3.63, 3.8) is 0 Å². The fourth-order valence-electron chi connectivity index (χ4n) is 2.71. The predicted octanol–water partition coefficient (Wildman–Crippen LogP) is 2.32. The molecule has 7 heteroatoms. The number of pyridine rings is 1. The number of carbonyl (C=O) groups is 1. The van der Waals surface area contributed by atoms with E-state index < -0.39 is 5.97 Å². The van der Waals surface area contributed by atoms with Crippen molar-refractivity contribution in [2.75, 3.05) is 18.0 Å². The van der Waals surface area contributed by atoms with Gasteiger partial charge in [-0.15, -0.1) is 0 Å². The van der Waals surface area contributed by atoms with Crippen molar-refractivity contribution in [2.45, 2.75) is 38.9 Å². The Balaban J connectivity index is 1.81. The Morgan fingerprint density at radius 3 is 2.77 bits per heavy atom. The van der Waals surface area contributed by atoms with Gasteiger partial charge in [0, 0.05) is 19.5 Å². The average molecular weight is 321 g/mol. The summed E-state index contributed by atoms with van der Waals surface area (Å²) < 4.78 is 5.75. The first-order chi connectivity index (χ1) is 10.5. The molecule has 0 saturated carbocycles. The van der Waals surface area contributed by atoms with Crippen molar-refractivity contribution < 1.29 is 14.6 Å². The summed E-state index contributed by atoms with van der Waals surface area (Å²) in [6, 6.07) is 3.94. The van der Waals surface area contributed by atoms with Crippen LogP contribution in [0, 0.1) is 0 Å². The smallest absolute Gasteiger partial charge is 0.303 e. The zero-order valence-electron chi connectivity index (χ0n) is 12.7. The molecule has 118 valence electrons. The number of carboxylic acid groups (broad SMARTS) is 1. The van der Waals surface area contributed by atoms with E-state index in [0.717, 1.165) is 34.3 Å². The Hall–Kier alpha value is -1.73. The number of thiazole rings is 1. The molecular formula is C15H19N3O3S. The number of morpholine rings is 1. The zero-order valence-corrected chi connectivity index (χ0v) is 13.5. The van der Waals surface area contributed by atoms with Crippen LogP contribution in [0.2, 0.25) is 0 Å². The van der Waals surface area contributed by atoms with Crippen LogP contribution in [0.25, 0.3) is 10.3 Å². The van der Waals surface area contributed by atoms with Crippen molar-refractivity contribution in [2.24, 2.45) is 0 Å². The van der Waals surface area contributed by atoms with Crippen molar-refractivity contribution in [3.05, 3.63) is 17.1 Å². The molecule has 1 fully saturated rings. The lowest BCUT2D eigenvalue weighted by Crippen LogP contribution is -2.45. The molecule has 3 rings (SSSR count). The third-order valence-electron chi connectivity index (χ3n) is 3.58. The normalized spacial score (nSPS) is 22.2. The lowest BCUT2D eigenvalue weighted by molar-refractivity contribution is -0.136. The summed E-state index contributed by atoms with van der Waals surface area (Å²) in [5, 5.41) is 9.58. The van der Waals surface area contributed by atoms with E-state index in [1.165, 1.54) is 11.3 Å². The summed E-state index contributed by atoms with van der Waals surface area (Å²) >= 11 is 1.48. The molecule has 0 unspecified atom stereocenters. The second kappa shape index (κ2) is 6.18. The van der Waals surface area contributed by atoms with Gasteiger partial charge in [0.2, 0.25) is 0 Å². The van der Waals surface area contributed by atoms with Crippen LogP contribution in [0.4, 0.5) is 5.82 Å². The zero-order chi connectivity index (χ0) is 15.7. The lowest BCUT2D eigenvalue weighted by Gasteiger charge is -2.36. The van der Waals surface area contributed by atoms with Gasteiger partial charge in [-0.2, -0.15) is 0 Å². The summed E-state index contributed by atoms with van der Waals surface area (Å²) in [6.45, 7) is 5.79. The SMILES string of the molecule is C[C@H]1CN(c2ccc3nc(CCC(=O)O)sc3n2)C[C@H](C)O1. The molecule has 0 aliphatic carbocycles. The maximum atomic E-state index is 10.7. The van der Waals surface area contributed by atoms with E-state index in [4.69, 9.17) is 14.8 Å². The minimum absolute atomic E-state index is 0.102. The molecule has 1 aliphatic heterocycles. The number of carboxylic acids is 1. The van der Waals surface area contributed by atoms with Crippen molar-refractivity contribution >= 4 is 33.5 Å². The van der Waals surface area contributed by atoms with Crippen LogP contribution in [0.15, 0.2) is 12.1 Å². The second-order valence-electron chi connectivity index (χ2n) is 5.66. The van der Waals surface area contributed by atoms with Crippen LogP contribution < -0.4 is 4.90 Å². The molecule has 2 aromatic rings. The van der Waals surface area contributed by atoms with E-state index in [-0.39, 0.29) is 18.6 Å². The van der Waals surface area contributed by atoms with E-state index in [1.54, 1.807) is 0 Å². The number of nitrogens with zero attached hydrogens (tertiary/aromatic N) is 3. The minimum atomic E-state index is -0.802. The first kappa shape index (κ1) is 15.2. The highest BCUT2D eigenvalue weighted by Gasteiger charge is 2.23. The summed E-state index contributed by atoms with van der Waals surface area (Å²) in [4.78, 5) is 22.9. The molecule has 2 aromatic heterocycles. The molecule has 22 heavy (non-hydrogen) atoms. The van der Waals surface area contributed by atoms with Crippen LogP contribution in [0.5, 0.6) is 0 Å². The number of hydrogen-bond donors (Lipinski definition) is 1. The molecule has 0 aromatic carbocycles.